The van der Waals surface area contributed by atoms with Crippen molar-refractivity contribution in [2.24, 2.45) is 11.1 Å². The van der Waals surface area contributed by atoms with Gasteiger partial charge in [-0.25, -0.2) is 0 Å². The quantitative estimate of drug-likeness (QED) is 0.271. The summed E-state index contributed by atoms with van der Waals surface area (Å²) in [5.41, 5.74) is 0.967. The highest BCUT2D eigenvalue weighted by Gasteiger charge is 2.20. The van der Waals surface area contributed by atoms with Gasteiger partial charge in [0.25, 0.3) is 0 Å². The predicted molar refractivity (Wildman–Crippen MR) is 112 cm³/mol. The van der Waals surface area contributed by atoms with Gasteiger partial charge < -0.3 is 14.5 Å². The van der Waals surface area contributed by atoms with E-state index in [0.717, 1.165) is 56.1 Å². The largest absolute Gasteiger partial charge is 0.494 e. The molecule has 0 unspecified atom stereocenters. The first-order chi connectivity index (χ1) is 13.7. The number of nitrogens with zero attached hydrogens (tertiary/aromatic N) is 4. The molecule has 0 saturated carbocycles. The van der Waals surface area contributed by atoms with Crippen molar-refractivity contribution < 1.29 is 9.57 Å². The van der Waals surface area contributed by atoms with Gasteiger partial charge in [-0.15, -0.1) is 10.2 Å². The molecule has 0 radical (unpaired) electrons. The van der Waals surface area contributed by atoms with Gasteiger partial charge in [-0.1, -0.05) is 29.4 Å². The molecule has 1 aromatic heterocycles. The lowest BCUT2D eigenvalue weighted by molar-refractivity contribution is 0.176. The van der Waals surface area contributed by atoms with E-state index in [0.29, 0.717) is 17.7 Å². The highest BCUT2D eigenvalue weighted by molar-refractivity contribution is 6.29. The van der Waals surface area contributed by atoms with Crippen molar-refractivity contribution in [2.75, 3.05) is 31.2 Å². The Morgan fingerprint density at radius 1 is 1.14 bits per heavy atom. The average Bonchev–Trinajstić information content (AvgIpc) is 2.73. The maximum atomic E-state index is 5.89. The Bertz CT molecular complexity index is 757. The van der Waals surface area contributed by atoms with Gasteiger partial charge in [0.05, 0.1) is 12.8 Å². The van der Waals surface area contributed by atoms with Gasteiger partial charge in [0, 0.05) is 13.1 Å². The molecule has 28 heavy (non-hydrogen) atoms. The van der Waals surface area contributed by atoms with E-state index in [9.17, 15) is 0 Å². The van der Waals surface area contributed by atoms with Crippen molar-refractivity contribution in [3.63, 3.8) is 0 Å². The first-order valence-corrected chi connectivity index (χ1v) is 9.85. The van der Waals surface area contributed by atoms with Crippen molar-refractivity contribution in [1.82, 2.24) is 10.2 Å². The summed E-state index contributed by atoms with van der Waals surface area (Å²) >= 11 is 5.80. The lowest BCUT2D eigenvalue weighted by atomic mass is 9.94. The molecule has 1 saturated heterocycles. The van der Waals surface area contributed by atoms with Crippen LogP contribution in [0.15, 0.2) is 54.2 Å². The highest BCUT2D eigenvalue weighted by atomic mass is 35.5. The molecule has 6 nitrogen and oxygen atoms in total. The first-order valence-electron chi connectivity index (χ1n) is 9.48. The van der Waals surface area contributed by atoms with Gasteiger partial charge >= 0.3 is 0 Å². The van der Waals surface area contributed by atoms with Crippen LogP contribution in [0.1, 0.15) is 24.8 Å². The predicted octanol–water partition coefficient (Wildman–Crippen LogP) is 4.35. The maximum absolute atomic E-state index is 5.89. The van der Waals surface area contributed by atoms with Gasteiger partial charge in [-0.05, 0) is 67.1 Å². The van der Waals surface area contributed by atoms with Crippen molar-refractivity contribution in [1.29, 1.82) is 0 Å². The van der Waals surface area contributed by atoms with Crippen molar-refractivity contribution in [3.8, 4) is 5.75 Å². The van der Waals surface area contributed by atoms with Crippen LogP contribution >= 0.6 is 11.6 Å². The topological polar surface area (TPSA) is 59.8 Å². The minimum absolute atomic E-state index is 0.406. The Hall–Kier alpha value is -2.60. The molecule has 0 atom stereocenters. The van der Waals surface area contributed by atoms with Gasteiger partial charge in [0.2, 0.25) is 0 Å². The van der Waals surface area contributed by atoms with E-state index in [1.54, 1.807) is 18.4 Å². The lowest BCUT2D eigenvalue weighted by Crippen LogP contribution is -2.34. The molecule has 1 fully saturated rings. The van der Waals surface area contributed by atoms with Crippen LogP contribution in [0.25, 0.3) is 0 Å². The number of aromatic nitrogens is 2. The smallest absolute Gasteiger partial charge is 0.151 e. The second-order valence-corrected chi connectivity index (χ2v) is 7.06. The Balaban J connectivity index is 1.36. The summed E-state index contributed by atoms with van der Waals surface area (Å²) in [5.74, 6) is 2.44. The normalized spacial score (nSPS) is 15.0. The zero-order chi connectivity index (χ0) is 19.6. The summed E-state index contributed by atoms with van der Waals surface area (Å²) in [5, 5.41) is 12.4. The summed E-state index contributed by atoms with van der Waals surface area (Å²) in [7, 11) is 0. The Morgan fingerprint density at radius 3 is 2.61 bits per heavy atom. The van der Waals surface area contributed by atoms with Gasteiger partial charge in [0.15, 0.2) is 11.0 Å². The average molecular weight is 401 g/mol. The van der Waals surface area contributed by atoms with Crippen molar-refractivity contribution in [2.45, 2.75) is 19.3 Å². The molecule has 0 amide bonds. The van der Waals surface area contributed by atoms with Crippen LogP contribution < -0.4 is 9.64 Å². The standard InChI is InChI=1S/C21H25ClN4O2/c1-2-14-28-23-16-18-3-5-19(6-4-18)27-15-11-17-9-12-26(13-10-17)21-8-7-20(22)24-25-21/h2-8,16-17H,1,9-15H2/b23-16+. The molecule has 1 aromatic carbocycles. The molecule has 3 rings (SSSR count). The molecular formula is C21H25ClN4O2. The molecule has 1 aliphatic rings. The molecule has 148 valence electrons. The van der Waals surface area contributed by atoms with Crippen LogP contribution in [-0.2, 0) is 4.84 Å². The van der Waals surface area contributed by atoms with E-state index in [-0.39, 0.29) is 0 Å². The summed E-state index contributed by atoms with van der Waals surface area (Å²) < 4.78 is 5.89. The molecule has 2 aromatic rings. The number of anilines is 1. The Kier molecular flexibility index (Phi) is 7.67. The van der Waals surface area contributed by atoms with Crippen LogP contribution in [0.3, 0.4) is 0 Å². The van der Waals surface area contributed by atoms with Crippen LogP contribution in [0, 0.1) is 5.92 Å². The van der Waals surface area contributed by atoms with E-state index in [1.807, 2.05) is 30.3 Å². The molecule has 0 aliphatic carbocycles. The first kappa shape index (κ1) is 20.1. The fourth-order valence-corrected chi connectivity index (χ4v) is 3.22. The van der Waals surface area contributed by atoms with Crippen LogP contribution in [0.5, 0.6) is 5.75 Å². The number of halogens is 1. The fraction of sp³-hybridized carbons (Fsp3) is 0.381. The Morgan fingerprint density at radius 2 is 1.93 bits per heavy atom. The third kappa shape index (κ3) is 6.23. The third-order valence-corrected chi connectivity index (χ3v) is 4.90. The molecular weight excluding hydrogens is 376 g/mol. The van der Waals surface area contributed by atoms with Crippen molar-refractivity contribution >= 4 is 23.6 Å². The van der Waals surface area contributed by atoms with Gasteiger partial charge in [-0.2, -0.15) is 0 Å². The number of oxime groups is 1. The molecule has 0 N–H and O–H groups in total. The molecule has 1 aliphatic heterocycles. The number of hydrogen-bond acceptors (Lipinski definition) is 6. The van der Waals surface area contributed by atoms with Crippen molar-refractivity contribution in [3.05, 3.63) is 59.8 Å². The molecule has 2 heterocycles. The molecule has 0 spiro atoms. The van der Waals surface area contributed by atoms with Crippen LogP contribution in [0.2, 0.25) is 5.15 Å². The minimum atomic E-state index is 0.406. The second-order valence-electron chi connectivity index (χ2n) is 6.67. The van der Waals surface area contributed by atoms with Crippen LogP contribution in [-0.4, -0.2) is 42.7 Å². The summed E-state index contributed by atoms with van der Waals surface area (Å²) in [6.45, 7) is 6.68. The highest BCUT2D eigenvalue weighted by Crippen LogP contribution is 2.24. The number of benzene rings is 1. The van der Waals surface area contributed by atoms with E-state index < -0.39 is 0 Å². The van der Waals surface area contributed by atoms with Gasteiger partial charge in [0.1, 0.15) is 12.4 Å². The monoisotopic (exact) mass is 400 g/mol. The van der Waals surface area contributed by atoms with E-state index in [4.69, 9.17) is 21.2 Å². The number of piperidine rings is 1. The minimum Gasteiger partial charge on any atom is -0.494 e. The van der Waals surface area contributed by atoms with Gasteiger partial charge in [-0.3, -0.25) is 0 Å². The van der Waals surface area contributed by atoms with Crippen LogP contribution in [0.4, 0.5) is 5.82 Å². The number of rotatable bonds is 9. The molecule has 7 heteroatoms. The number of hydrogen-bond donors (Lipinski definition) is 0. The molecule has 0 bridgehead atoms. The van der Waals surface area contributed by atoms with E-state index in [2.05, 4.69) is 26.8 Å². The SMILES string of the molecule is C=CCO/N=C/c1ccc(OCCC2CCN(c3ccc(Cl)nn3)CC2)cc1. The summed E-state index contributed by atoms with van der Waals surface area (Å²) in [4.78, 5) is 7.26. The number of ether oxygens (including phenoxy) is 1. The maximum Gasteiger partial charge on any atom is 0.151 e. The second kappa shape index (κ2) is 10.7. The fourth-order valence-electron chi connectivity index (χ4n) is 3.12. The summed E-state index contributed by atoms with van der Waals surface area (Å²) in [6, 6.07) is 11.5. The zero-order valence-electron chi connectivity index (χ0n) is 15.8. The summed E-state index contributed by atoms with van der Waals surface area (Å²) in [6.07, 6.45) is 6.65. The van der Waals surface area contributed by atoms with E-state index >= 15 is 0 Å². The third-order valence-electron chi connectivity index (χ3n) is 4.70. The zero-order valence-corrected chi connectivity index (χ0v) is 16.6. The lowest BCUT2D eigenvalue weighted by Gasteiger charge is -2.32. The Labute approximate surface area is 170 Å². The van der Waals surface area contributed by atoms with E-state index in [1.165, 1.54) is 0 Å².